The highest BCUT2D eigenvalue weighted by molar-refractivity contribution is 8.27. The summed E-state index contributed by atoms with van der Waals surface area (Å²) < 4.78 is 17.2. The van der Waals surface area contributed by atoms with Gasteiger partial charge in [-0.05, 0) is 66.1 Å². The van der Waals surface area contributed by atoms with Crippen LogP contribution in [0.25, 0.3) is 6.08 Å². The topological polar surface area (TPSA) is 48.0 Å². The summed E-state index contributed by atoms with van der Waals surface area (Å²) >= 11 is 6.74. The van der Waals surface area contributed by atoms with E-state index in [9.17, 15) is 4.79 Å². The fourth-order valence-electron chi connectivity index (χ4n) is 3.39. The van der Waals surface area contributed by atoms with Crippen LogP contribution in [0.1, 0.15) is 16.7 Å². The van der Waals surface area contributed by atoms with Gasteiger partial charge in [-0.3, -0.25) is 9.69 Å². The van der Waals surface area contributed by atoms with Gasteiger partial charge in [-0.2, -0.15) is 0 Å². The van der Waals surface area contributed by atoms with Crippen LogP contribution in [0.15, 0.2) is 71.6 Å². The second-order valence-electron chi connectivity index (χ2n) is 7.34. The van der Waals surface area contributed by atoms with Crippen LogP contribution in [0.5, 0.6) is 17.2 Å². The molecule has 1 amide bonds. The minimum absolute atomic E-state index is 0.158. The molecule has 0 atom stereocenters. The van der Waals surface area contributed by atoms with Gasteiger partial charge in [-0.1, -0.05) is 54.3 Å². The van der Waals surface area contributed by atoms with E-state index < -0.39 is 0 Å². The smallest absolute Gasteiger partial charge is 0.270 e. The summed E-state index contributed by atoms with van der Waals surface area (Å²) in [6.45, 7) is 2.50. The predicted octanol–water partition coefficient (Wildman–Crippen LogP) is 6.00. The maximum atomic E-state index is 13.0. The Labute approximate surface area is 203 Å². The molecule has 1 saturated heterocycles. The third-order valence-electron chi connectivity index (χ3n) is 5.25. The van der Waals surface area contributed by atoms with E-state index in [0.29, 0.717) is 33.0 Å². The summed E-state index contributed by atoms with van der Waals surface area (Å²) in [6, 6.07) is 20.9. The largest absolute Gasteiger partial charge is 0.497 e. The van der Waals surface area contributed by atoms with Gasteiger partial charge in [-0.25, -0.2) is 0 Å². The molecule has 3 aromatic carbocycles. The number of hydrogen-bond acceptors (Lipinski definition) is 6. The molecule has 0 aromatic heterocycles. The van der Waals surface area contributed by atoms with Crippen molar-refractivity contribution >= 4 is 46.0 Å². The number of carbonyl (C=O) groups excluding carboxylic acids is 1. The van der Waals surface area contributed by atoms with E-state index in [4.69, 9.17) is 26.4 Å². The lowest BCUT2D eigenvalue weighted by molar-refractivity contribution is -0.113. The highest BCUT2D eigenvalue weighted by Gasteiger charge is 2.33. The van der Waals surface area contributed by atoms with E-state index in [1.165, 1.54) is 22.2 Å². The Bertz CT molecular complexity index is 1220. The molecule has 33 heavy (non-hydrogen) atoms. The molecule has 1 heterocycles. The van der Waals surface area contributed by atoms with Gasteiger partial charge in [0.25, 0.3) is 5.91 Å². The average Bonchev–Trinajstić information content (AvgIpc) is 3.11. The van der Waals surface area contributed by atoms with E-state index >= 15 is 0 Å². The standard InChI is InChI=1S/C26H23NO4S2/c1-17-6-4-5-7-19(17)16-31-22-13-8-18(14-23(22)30-3)15-24-25(28)27(26(32)33-24)20-9-11-21(29-2)12-10-20/h4-15H,16H2,1-3H3/b24-15-. The van der Waals surface area contributed by atoms with Crippen LogP contribution in [-0.2, 0) is 11.4 Å². The molecular formula is C26H23NO4S2. The van der Waals surface area contributed by atoms with Gasteiger partial charge in [-0.15, -0.1) is 0 Å². The molecule has 0 unspecified atom stereocenters. The Morgan fingerprint density at radius 3 is 2.42 bits per heavy atom. The van der Waals surface area contributed by atoms with Crippen molar-refractivity contribution in [1.29, 1.82) is 0 Å². The second kappa shape index (κ2) is 10.1. The van der Waals surface area contributed by atoms with Crippen molar-refractivity contribution in [1.82, 2.24) is 0 Å². The zero-order valence-electron chi connectivity index (χ0n) is 18.5. The van der Waals surface area contributed by atoms with Crippen LogP contribution < -0.4 is 19.1 Å². The Hall–Kier alpha value is -3.29. The Kier molecular flexibility index (Phi) is 7.01. The minimum Gasteiger partial charge on any atom is -0.497 e. The molecule has 5 nitrogen and oxygen atoms in total. The highest BCUT2D eigenvalue weighted by atomic mass is 32.2. The van der Waals surface area contributed by atoms with Gasteiger partial charge in [0.15, 0.2) is 15.8 Å². The lowest BCUT2D eigenvalue weighted by Crippen LogP contribution is -2.27. The average molecular weight is 478 g/mol. The van der Waals surface area contributed by atoms with Gasteiger partial charge in [0.1, 0.15) is 12.4 Å². The number of thioether (sulfide) groups is 1. The summed E-state index contributed by atoms with van der Waals surface area (Å²) in [5.74, 6) is 1.80. The van der Waals surface area contributed by atoms with E-state index in [2.05, 4.69) is 13.0 Å². The molecule has 1 aliphatic heterocycles. The Morgan fingerprint density at radius 1 is 0.970 bits per heavy atom. The summed E-state index contributed by atoms with van der Waals surface area (Å²) in [5, 5.41) is 0. The van der Waals surface area contributed by atoms with Crippen LogP contribution in [0, 0.1) is 6.92 Å². The molecule has 0 saturated carbocycles. The number of amides is 1. The second-order valence-corrected chi connectivity index (χ2v) is 9.02. The molecule has 0 spiro atoms. The fourth-order valence-corrected chi connectivity index (χ4v) is 4.69. The van der Waals surface area contributed by atoms with Crippen molar-refractivity contribution in [2.75, 3.05) is 19.1 Å². The van der Waals surface area contributed by atoms with Crippen molar-refractivity contribution in [3.8, 4) is 17.2 Å². The number of benzene rings is 3. The lowest BCUT2D eigenvalue weighted by atomic mass is 10.1. The number of carbonyl (C=O) groups is 1. The van der Waals surface area contributed by atoms with Crippen molar-refractivity contribution in [2.24, 2.45) is 0 Å². The first-order valence-corrected chi connectivity index (χ1v) is 11.5. The number of ether oxygens (including phenoxy) is 3. The summed E-state index contributed by atoms with van der Waals surface area (Å²) in [6.07, 6.45) is 1.82. The van der Waals surface area contributed by atoms with Gasteiger partial charge < -0.3 is 14.2 Å². The SMILES string of the molecule is COc1ccc(N2C(=O)/C(=C/c3ccc(OCc4ccccc4C)c(OC)c3)SC2=S)cc1. The van der Waals surface area contributed by atoms with Gasteiger partial charge in [0, 0.05) is 0 Å². The monoisotopic (exact) mass is 477 g/mol. The molecule has 0 radical (unpaired) electrons. The molecule has 0 bridgehead atoms. The molecule has 1 fully saturated rings. The maximum absolute atomic E-state index is 13.0. The van der Waals surface area contributed by atoms with Crippen LogP contribution in [0.4, 0.5) is 5.69 Å². The van der Waals surface area contributed by atoms with Gasteiger partial charge in [0.2, 0.25) is 0 Å². The molecule has 168 valence electrons. The molecule has 1 aliphatic rings. The quantitative estimate of drug-likeness (QED) is 0.307. The first-order chi connectivity index (χ1) is 16.0. The van der Waals surface area contributed by atoms with E-state index in [1.54, 1.807) is 26.4 Å². The van der Waals surface area contributed by atoms with E-state index in [1.807, 2.05) is 54.6 Å². The molecular weight excluding hydrogens is 454 g/mol. The lowest BCUT2D eigenvalue weighted by Gasteiger charge is -2.14. The van der Waals surface area contributed by atoms with Crippen LogP contribution in [-0.4, -0.2) is 24.4 Å². The summed E-state index contributed by atoms with van der Waals surface area (Å²) in [7, 11) is 3.20. The highest BCUT2D eigenvalue weighted by Crippen LogP contribution is 2.37. The molecule has 4 rings (SSSR count). The maximum Gasteiger partial charge on any atom is 0.270 e. The zero-order valence-corrected chi connectivity index (χ0v) is 20.2. The van der Waals surface area contributed by atoms with E-state index in [-0.39, 0.29) is 5.91 Å². The number of aryl methyl sites for hydroxylation is 1. The molecule has 0 N–H and O–H groups in total. The number of anilines is 1. The Morgan fingerprint density at radius 2 is 1.73 bits per heavy atom. The van der Waals surface area contributed by atoms with Gasteiger partial charge in [0.05, 0.1) is 24.8 Å². The first-order valence-electron chi connectivity index (χ1n) is 10.3. The van der Waals surface area contributed by atoms with Crippen LogP contribution in [0.3, 0.4) is 0 Å². The number of rotatable bonds is 7. The number of methoxy groups -OCH3 is 2. The number of hydrogen-bond donors (Lipinski definition) is 0. The molecule has 3 aromatic rings. The number of nitrogens with zero attached hydrogens (tertiary/aromatic N) is 1. The summed E-state index contributed by atoms with van der Waals surface area (Å²) in [5.41, 5.74) is 3.82. The molecule has 0 aliphatic carbocycles. The van der Waals surface area contributed by atoms with Gasteiger partial charge >= 0.3 is 0 Å². The third-order valence-corrected chi connectivity index (χ3v) is 6.56. The normalized spacial score (nSPS) is 14.6. The van der Waals surface area contributed by atoms with Crippen molar-refractivity contribution in [3.63, 3.8) is 0 Å². The summed E-state index contributed by atoms with van der Waals surface area (Å²) in [4.78, 5) is 15.1. The fraction of sp³-hybridized carbons (Fsp3) is 0.154. The first kappa shape index (κ1) is 22.9. The van der Waals surface area contributed by atoms with Crippen molar-refractivity contribution < 1.29 is 19.0 Å². The van der Waals surface area contributed by atoms with Crippen molar-refractivity contribution in [2.45, 2.75) is 13.5 Å². The zero-order chi connectivity index (χ0) is 23.4. The predicted molar refractivity (Wildman–Crippen MR) is 137 cm³/mol. The molecule has 7 heteroatoms. The minimum atomic E-state index is -0.158. The van der Waals surface area contributed by atoms with Crippen molar-refractivity contribution in [3.05, 3.63) is 88.3 Å². The van der Waals surface area contributed by atoms with Crippen LogP contribution >= 0.6 is 24.0 Å². The van der Waals surface area contributed by atoms with Crippen LogP contribution in [0.2, 0.25) is 0 Å². The Balaban J connectivity index is 1.53. The van der Waals surface area contributed by atoms with E-state index in [0.717, 1.165) is 16.9 Å². The third kappa shape index (κ3) is 5.05. The number of thiocarbonyl (C=S) groups is 1.